The molecule has 3 aromatic rings. The standard InChI is InChI=1S/C24H24ClF4N5O3S/c1-13(22(35)30-9-24(27,28)29)37-19-6-14(26)4-5-17(19)33-21-20-16(25)7-15(8-18(20)31-12-32-21)34-38(36)10-23(2,3)11-38/h4-8,10,12-13H,9,11H2,1-3H3,(H,30,35)(H,34,36)(H,31,32,33)/t13-,38?/m1/s1. The van der Waals surface area contributed by atoms with E-state index in [-0.39, 0.29) is 27.7 Å². The molecule has 0 bridgehead atoms. The lowest BCUT2D eigenvalue weighted by Crippen LogP contribution is -2.43. The molecule has 1 aromatic heterocycles. The van der Waals surface area contributed by atoms with Gasteiger partial charge >= 0.3 is 6.18 Å². The second kappa shape index (κ2) is 10.1. The van der Waals surface area contributed by atoms with E-state index in [1.165, 1.54) is 19.3 Å². The lowest BCUT2D eigenvalue weighted by atomic mass is 10.00. The van der Waals surface area contributed by atoms with E-state index in [2.05, 4.69) is 20.0 Å². The molecule has 1 aliphatic rings. The van der Waals surface area contributed by atoms with Gasteiger partial charge in [-0.1, -0.05) is 25.4 Å². The molecule has 0 aliphatic carbocycles. The maximum Gasteiger partial charge on any atom is 0.405 e. The summed E-state index contributed by atoms with van der Waals surface area (Å²) in [5.41, 5.74) is 0.974. The van der Waals surface area contributed by atoms with Gasteiger partial charge in [-0.3, -0.25) is 4.79 Å². The Morgan fingerprint density at radius 1 is 1.24 bits per heavy atom. The molecular formula is C24H24ClF4N5O3S. The SMILES string of the molecule is C[C@@H](Oc1cc(F)ccc1Nc1ncnc2cc(NS3(=O)=CC(C)(C)C3)cc(Cl)c12)C(=O)NCC(F)(F)F. The van der Waals surface area contributed by atoms with Crippen LogP contribution in [-0.2, 0) is 14.5 Å². The molecule has 0 saturated carbocycles. The first-order valence-electron chi connectivity index (χ1n) is 11.3. The van der Waals surface area contributed by atoms with Gasteiger partial charge in [-0.25, -0.2) is 18.6 Å². The van der Waals surface area contributed by atoms with Gasteiger partial charge in [0.1, 0.15) is 30.3 Å². The maximum atomic E-state index is 14.0. The number of fused-ring (bicyclic) bond motifs is 1. The number of rotatable bonds is 8. The van der Waals surface area contributed by atoms with Gasteiger partial charge in [-0.2, -0.15) is 13.2 Å². The number of nitrogens with one attached hydrogen (secondary N) is 3. The van der Waals surface area contributed by atoms with E-state index in [1.54, 1.807) is 22.8 Å². The monoisotopic (exact) mass is 573 g/mol. The van der Waals surface area contributed by atoms with Gasteiger partial charge in [0.25, 0.3) is 5.91 Å². The van der Waals surface area contributed by atoms with Crippen LogP contribution >= 0.6 is 11.6 Å². The number of anilines is 3. The molecule has 2 heterocycles. The number of carbonyl (C=O) groups is 1. The van der Waals surface area contributed by atoms with Crippen LogP contribution < -0.4 is 20.1 Å². The predicted molar refractivity (Wildman–Crippen MR) is 140 cm³/mol. The van der Waals surface area contributed by atoms with Gasteiger partial charge in [-0.15, -0.1) is 0 Å². The third-order valence-corrected chi connectivity index (χ3v) is 8.48. The first-order chi connectivity index (χ1) is 17.6. The van der Waals surface area contributed by atoms with E-state index >= 15 is 0 Å². The molecule has 2 aromatic carbocycles. The van der Waals surface area contributed by atoms with E-state index in [0.29, 0.717) is 22.3 Å². The van der Waals surface area contributed by atoms with Gasteiger partial charge in [-0.05, 0) is 36.6 Å². The van der Waals surface area contributed by atoms with Crippen molar-refractivity contribution >= 4 is 60.7 Å². The van der Waals surface area contributed by atoms with Crippen LogP contribution in [0.4, 0.5) is 34.8 Å². The molecule has 2 atom stereocenters. The summed E-state index contributed by atoms with van der Waals surface area (Å²) in [6.45, 7) is 3.68. The Bertz CT molecular complexity index is 1520. The Balaban J connectivity index is 1.60. The minimum absolute atomic E-state index is 0.130. The maximum absolute atomic E-state index is 14.0. The van der Waals surface area contributed by atoms with Crippen LogP contribution in [0.1, 0.15) is 20.8 Å². The highest BCUT2D eigenvalue weighted by Gasteiger charge is 2.33. The number of nitrogens with zero attached hydrogens (tertiary/aromatic N) is 2. The Hall–Kier alpha value is -3.32. The van der Waals surface area contributed by atoms with Crippen LogP contribution in [0.25, 0.3) is 10.9 Å². The number of hydrogen-bond acceptors (Lipinski definition) is 6. The molecule has 1 unspecified atom stereocenters. The van der Waals surface area contributed by atoms with E-state index in [1.807, 2.05) is 13.8 Å². The summed E-state index contributed by atoms with van der Waals surface area (Å²) in [7, 11) is -2.37. The summed E-state index contributed by atoms with van der Waals surface area (Å²) >= 11 is 6.54. The number of benzene rings is 2. The van der Waals surface area contributed by atoms with E-state index in [4.69, 9.17) is 16.3 Å². The van der Waals surface area contributed by atoms with E-state index in [9.17, 15) is 26.6 Å². The number of aromatic nitrogens is 2. The Morgan fingerprint density at radius 3 is 2.61 bits per heavy atom. The minimum atomic E-state index is -4.59. The van der Waals surface area contributed by atoms with Crippen molar-refractivity contribution in [3.05, 3.63) is 47.5 Å². The van der Waals surface area contributed by atoms with E-state index < -0.39 is 40.3 Å². The highest BCUT2D eigenvalue weighted by Crippen LogP contribution is 2.36. The number of hydrogen-bond donors (Lipinski definition) is 3. The van der Waals surface area contributed by atoms with Gasteiger partial charge in [0.15, 0.2) is 6.10 Å². The zero-order chi connectivity index (χ0) is 27.9. The first kappa shape index (κ1) is 27.7. The number of amides is 1. The second-order valence-corrected chi connectivity index (χ2v) is 12.1. The summed E-state index contributed by atoms with van der Waals surface area (Å²) in [4.78, 5) is 20.5. The zero-order valence-electron chi connectivity index (χ0n) is 20.5. The molecule has 0 spiro atoms. The van der Waals surface area contributed by atoms with Crippen molar-refractivity contribution in [2.45, 2.75) is 33.1 Å². The van der Waals surface area contributed by atoms with Crippen LogP contribution in [0, 0.1) is 11.2 Å². The molecule has 204 valence electrons. The number of halogens is 5. The van der Waals surface area contributed by atoms with Crippen LogP contribution in [0.5, 0.6) is 5.75 Å². The fourth-order valence-electron chi connectivity index (χ4n) is 4.00. The smallest absolute Gasteiger partial charge is 0.405 e. The minimum Gasteiger partial charge on any atom is -0.479 e. The van der Waals surface area contributed by atoms with Crippen LogP contribution in [0.15, 0.2) is 36.7 Å². The number of ether oxygens (including phenoxy) is 1. The van der Waals surface area contributed by atoms with Gasteiger partial charge in [0.05, 0.1) is 21.6 Å². The fourth-order valence-corrected chi connectivity index (χ4v) is 7.04. The van der Waals surface area contributed by atoms with Crippen LogP contribution in [-0.4, -0.2) is 50.0 Å². The number of alkyl halides is 3. The summed E-state index contributed by atoms with van der Waals surface area (Å²) in [5, 5.41) is 7.09. The topological polar surface area (TPSA) is 105 Å². The third-order valence-electron chi connectivity index (χ3n) is 5.41. The summed E-state index contributed by atoms with van der Waals surface area (Å²) in [6.07, 6.45) is -4.69. The normalized spacial score (nSPS) is 19.2. The van der Waals surface area contributed by atoms with Gasteiger partial charge in [0.2, 0.25) is 0 Å². The van der Waals surface area contributed by atoms with Crippen molar-refractivity contribution in [1.29, 1.82) is 0 Å². The van der Waals surface area contributed by atoms with Crippen molar-refractivity contribution in [3.8, 4) is 5.75 Å². The highest BCUT2D eigenvalue weighted by atomic mass is 35.5. The average molecular weight is 574 g/mol. The van der Waals surface area contributed by atoms with Crippen molar-refractivity contribution in [2.75, 3.05) is 22.3 Å². The molecule has 4 rings (SSSR count). The summed E-state index contributed by atoms with van der Waals surface area (Å²) in [6, 6.07) is 6.68. The van der Waals surface area contributed by atoms with Gasteiger partial charge in [0, 0.05) is 32.6 Å². The van der Waals surface area contributed by atoms with Crippen molar-refractivity contribution < 1.29 is 31.3 Å². The van der Waals surface area contributed by atoms with Crippen LogP contribution in [0.2, 0.25) is 5.02 Å². The molecule has 1 amide bonds. The molecular weight excluding hydrogens is 550 g/mol. The Morgan fingerprint density at radius 2 is 1.95 bits per heavy atom. The summed E-state index contributed by atoms with van der Waals surface area (Å²) in [5.74, 6) is -1.16. The average Bonchev–Trinajstić information content (AvgIpc) is 2.77. The molecule has 8 nitrogen and oxygen atoms in total. The van der Waals surface area contributed by atoms with Crippen molar-refractivity contribution in [3.63, 3.8) is 0 Å². The third kappa shape index (κ3) is 6.57. The largest absolute Gasteiger partial charge is 0.479 e. The summed E-state index contributed by atoms with van der Waals surface area (Å²) < 4.78 is 72.6. The zero-order valence-corrected chi connectivity index (χ0v) is 22.0. The molecule has 0 saturated heterocycles. The highest BCUT2D eigenvalue weighted by molar-refractivity contribution is 8.04. The number of carbonyl (C=O) groups excluding carboxylic acids is 1. The molecule has 1 aliphatic heterocycles. The molecule has 0 radical (unpaired) electrons. The molecule has 3 N–H and O–H groups in total. The van der Waals surface area contributed by atoms with Crippen molar-refractivity contribution in [2.24, 2.45) is 5.41 Å². The molecule has 0 fully saturated rings. The Labute approximate surface area is 221 Å². The molecule has 38 heavy (non-hydrogen) atoms. The van der Waals surface area contributed by atoms with Crippen LogP contribution in [0.3, 0.4) is 0 Å². The second-order valence-electron chi connectivity index (χ2n) is 9.51. The predicted octanol–water partition coefficient (Wildman–Crippen LogP) is 5.07. The Kier molecular flexibility index (Phi) is 7.36. The van der Waals surface area contributed by atoms with E-state index in [0.717, 1.165) is 12.1 Å². The molecule has 14 heteroatoms. The first-order valence-corrected chi connectivity index (χ1v) is 13.5. The van der Waals surface area contributed by atoms with Gasteiger partial charge < -0.3 is 20.1 Å². The quantitative estimate of drug-likeness (QED) is 0.257. The lowest BCUT2D eigenvalue weighted by molar-refractivity contribution is -0.142. The fraction of sp³-hybridized carbons (Fsp3) is 0.333. The van der Waals surface area contributed by atoms with Crippen molar-refractivity contribution in [1.82, 2.24) is 15.3 Å². The lowest BCUT2D eigenvalue weighted by Gasteiger charge is -2.34.